The molecular weight excluding hydrogens is 392 g/mol. The average molecular weight is 419 g/mol. The van der Waals surface area contributed by atoms with Crippen molar-refractivity contribution < 1.29 is 13.2 Å². The van der Waals surface area contributed by atoms with E-state index in [0.717, 1.165) is 28.6 Å². The summed E-state index contributed by atoms with van der Waals surface area (Å²) in [6.45, 7) is 2.02. The third kappa shape index (κ3) is 3.41. The number of carbonyl (C=O) groups is 1. The molecule has 1 aromatic carbocycles. The predicted octanol–water partition coefficient (Wildman–Crippen LogP) is 2.82. The zero-order chi connectivity index (χ0) is 19.5. The Kier molecular flexibility index (Phi) is 4.58. The molecule has 1 amide bonds. The molecule has 28 heavy (non-hydrogen) atoms. The van der Waals surface area contributed by atoms with Crippen molar-refractivity contribution in [3.63, 3.8) is 0 Å². The van der Waals surface area contributed by atoms with Crippen LogP contribution < -0.4 is 0 Å². The predicted molar refractivity (Wildman–Crippen MR) is 112 cm³/mol. The Labute approximate surface area is 170 Å². The highest BCUT2D eigenvalue weighted by atomic mass is 32.2. The highest BCUT2D eigenvalue weighted by Crippen LogP contribution is 2.51. The number of nitrogens with zero attached hydrogens (tertiary/aromatic N) is 2. The van der Waals surface area contributed by atoms with Gasteiger partial charge in [0.1, 0.15) is 0 Å². The number of hydrogen-bond acceptors (Lipinski definition) is 4. The molecule has 2 heterocycles. The largest absolute Gasteiger partial charge is 0.343 e. The average Bonchev–Trinajstić information content (AvgIpc) is 3.34. The van der Waals surface area contributed by atoms with Crippen molar-refractivity contribution in [2.24, 2.45) is 16.8 Å². The van der Waals surface area contributed by atoms with Gasteiger partial charge in [0, 0.05) is 11.3 Å². The molecule has 2 saturated heterocycles. The highest BCUT2D eigenvalue weighted by Gasteiger charge is 2.54. The Balaban J connectivity index is 1.41. The number of aryl methyl sites for hydroxylation is 1. The van der Waals surface area contributed by atoms with Crippen LogP contribution >= 0.6 is 11.8 Å². The molecule has 4 fully saturated rings. The van der Waals surface area contributed by atoms with Gasteiger partial charge in [-0.3, -0.25) is 4.79 Å². The Hall–Kier alpha value is -1.34. The number of benzene rings is 1. The van der Waals surface area contributed by atoms with Crippen molar-refractivity contribution in [3.05, 3.63) is 35.4 Å². The number of thioether (sulfide) groups is 1. The number of sulfone groups is 1. The second-order valence-electron chi connectivity index (χ2n) is 8.90. The molecule has 5 nitrogen and oxygen atoms in total. The third-order valence-electron chi connectivity index (χ3n) is 6.82. The van der Waals surface area contributed by atoms with Crippen molar-refractivity contribution >= 4 is 32.7 Å². The summed E-state index contributed by atoms with van der Waals surface area (Å²) in [5.74, 6) is 1.68. The van der Waals surface area contributed by atoms with Crippen LogP contribution in [0.2, 0.25) is 0 Å². The lowest BCUT2D eigenvalue weighted by Crippen LogP contribution is -2.47. The molecule has 0 spiro atoms. The molecule has 0 aromatic heterocycles. The second kappa shape index (κ2) is 6.87. The van der Waals surface area contributed by atoms with E-state index in [1.54, 1.807) is 0 Å². The molecule has 4 aliphatic rings. The van der Waals surface area contributed by atoms with E-state index in [1.807, 2.05) is 31.2 Å². The van der Waals surface area contributed by atoms with Gasteiger partial charge in [-0.15, -0.1) is 0 Å². The molecule has 7 heteroatoms. The van der Waals surface area contributed by atoms with Crippen molar-refractivity contribution in [1.82, 2.24) is 4.90 Å². The SMILES string of the molecule is Cc1cccc(CC(=O)N=C2S[C@@H]3CS(=O)(=O)C[C@@H]3N2[C@@H]2C[C@@H]3CC[C@@H]2C3)c1. The van der Waals surface area contributed by atoms with Crippen molar-refractivity contribution in [1.29, 1.82) is 0 Å². The van der Waals surface area contributed by atoms with E-state index in [4.69, 9.17) is 0 Å². The Morgan fingerprint density at radius 2 is 2.07 bits per heavy atom. The number of fused-ring (bicyclic) bond motifs is 3. The lowest BCUT2D eigenvalue weighted by molar-refractivity contribution is -0.117. The third-order valence-corrected chi connectivity index (χ3v) is 10.0. The van der Waals surface area contributed by atoms with Crippen LogP contribution in [0.3, 0.4) is 0 Å². The quantitative estimate of drug-likeness (QED) is 0.755. The van der Waals surface area contributed by atoms with Gasteiger partial charge in [-0.2, -0.15) is 4.99 Å². The van der Waals surface area contributed by atoms with Crippen LogP contribution in [0.4, 0.5) is 0 Å². The van der Waals surface area contributed by atoms with Gasteiger partial charge in [-0.05, 0) is 43.6 Å². The molecule has 5 rings (SSSR count). The zero-order valence-corrected chi connectivity index (χ0v) is 17.7. The Morgan fingerprint density at radius 3 is 2.79 bits per heavy atom. The fourth-order valence-corrected chi connectivity index (χ4v) is 9.66. The van der Waals surface area contributed by atoms with Crippen LogP contribution in [0.1, 0.15) is 36.8 Å². The molecule has 5 atom stereocenters. The molecule has 0 radical (unpaired) electrons. The first-order valence-corrected chi connectivity index (χ1v) is 12.9. The summed E-state index contributed by atoms with van der Waals surface area (Å²) < 4.78 is 24.4. The van der Waals surface area contributed by atoms with Crippen LogP contribution in [0.25, 0.3) is 0 Å². The van der Waals surface area contributed by atoms with Gasteiger partial charge >= 0.3 is 0 Å². The normalized spacial score (nSPS) is 37.0. The first-order valence-electron chi connectivity index (χ1n) is 10.2. The lowest BCUT2D eigenvalue weighted by atomic mass is 9.93. The first kappa shape index (κ1) is 18.7. The van der Waals surface area contributed by atoms with Gasteiger partial charge in [0.15, 0.2) is 15.0 Å². The van der Waals surface area contributed by atoms with Crippen LogP contribution in [0, 0.1) is 18.8 Å². The van der Waals surface area contributed by atoms with E-state index >= 15 is 0 Å². The van der Waals surface area contributed by atoms with Gasteiger partial charge in [0.25, 0.3) is 5.91 Å². The van der Waals surface area contributed by atoms with E-state index in [-0.39, 0.29) is 28.7 Å². The minimum Gasteiger partial charge on any atom is -0.343 e. The van der Waals surface area contributed by atoms with Gasteiger partial charge < -0.3 is 4.90 Å². The summed E-state index contributed by atoms with van der Waals surface area (Å²) in [6.07, 6.45) is 5.20. The fraction of sp³-hybridized carbons (Fsp3) is 0.619. The zero-order valence-electron chi connectivity index (χ0n) is 16.1. The van der Waals surface area contributed by atoms with Gasteiger partial charge in [-0.1, -0.05) is 48.0 Å². The number of hydrogen-bond donors (Lipinski definition) is 0. The van der Waals surface area contributed by atoms with Crippen LogP contribution in [0.15, 0.2) is 29.3 Å². The summed E-state index contributed by atoms with van der Waals surface area (Å²) >= 11 is 1.52. The maximum Gasteiger partial charge on any atom is 0.252 e. The molecule has 2 aliphatic heterocycles. The summed E-state index contributed by atoms with van der Waals surface area (Å²) in [5, 5.41) is 0.801. The number of amides is 1. The minimum absolute atomic E-state index is 0.00938. The summed E-state index contributed by atoms with van der Waals surface area (Å²) in [6, 6.07) is 8.32. The highest BCUT2D eigenvalue weighted by molar-refractivity contribution is 8.15. The number of aliphatic imine (C=N–C) groups is 1. The molecule has 2 aliphatic carbocycles. The molecular formula is C21H26N2O3S2. The van der Waals surface area contributed by atoms with E-state index in [2.05, 4.69) is 9.89 Å². The van der Waals surface area contributed by atoms with Gasteiger partial charge in [0.2, 0.25) is 0 Å². The number of carbonyl (C=O) groups excluding carboxylic acids is 1. The smallest absolute Gasteiger partial charge is 0.252 e. The lowest BCUT2D eigenvalue weighted by Gasteiger charge is -2.36. The van der Waals surface area contributed by atoms with Crippen LogP contribution in [-0.2, 0) is 21.1 Å². The van der Waals surface area contributed by atoms with E-state index in [1.165, 1.54) is 31.0 Å². The number of amidine groups is 1. The molecule has 2 saturated carbocycles. The second-order valence-corrected chi connectivity index (χ2v) is 12.3. The van der Waals surface area contributed by atoms with Crippen molar-refractivity contribution in [3.8, 4) is 0 Å². The summed E-state index contributed by atoms with van der Waals surface area (Å²) in [4.78, 5) is 19.5. The van der Waals surface area contributed by atoms with Crippen molar-refractivity contribution in [2.45, 2.75) is 56.4 Å². The minimum atomic E-state index is -2.99. The molecule has 2 bridgehead atoms. The van der Waals surface area contributed by atoms with Crippen LogP contribution in [0.5, 0.6) is 0 Å². The maximum atomic E-state index is 12.7. The standard InChI is InChI=1S/C21H26N2O3S2/c1-13-3-2-4-14(7-13)10-20(24)22-21-23(17-9-15-5-6-16(17)8-15)18-11-28(25,26)12-19(18)27-21/h2-4,7,15-19H,5-6,8-12H2,1H3/t15-,16-,17-,18+,19-/m1/s1. The van der Waals surface area contributed by atoms with E-state index in [9.17, 15) is 13.2 Å². The van der Waals surface area contributed by atoms with Crippen LogP contribution in [-0.4, -0.2) is 53.2 Å². The first-order chi connectivity index (χ1) is 13.4. The summed E-state index contributed by atoms with van der Waals surface area (Å²) in [7, 11) is -2.99. The molecule has 0 N–H and O–H groups in total. The topological polar surface area (TPSA) is 66.8 Å². The monoisotopic (exact) mass is 418 g/mol. The molecule has 0 unspecified atom stereocenters. The van der Waals surface area contributed by atoms with Gasteiger partial charge in [0.05, 0.1) is 24.0 Å². The van der Waals surface area contributed by atoms with Crippen molar-refractivity contribution in [2.75, 3.05) is 11.5 Å². The van der Waals surface area contributed by atoms with E-state index in [0.29, 0.717) is 18.4 Å². The maximum absolute atomic E-state index is 12.7. The fourth-order valence-electron chi connectivity index (χ4n) is 5.67. The summed E-state index contributed by atoms with van der Waals surface area (Å²) in [5.41, 5.74) is 2.11. The molecule has 1 aromatic rings. The van der Waals surface area contributed by atoms with Gasteiger partial charge in [-0.25, -0.2) is 8.42 Å². The Morgan fingerprint density at radius 1 is 1.21 bits per heavy atom. The number of rotatable bonds is 3. The molecule has 150 valence electrons. The Bertz CT molecular complexity index is 943. The van der Waals surface area contributed by atoms with E-state index < -0.39 is 9.84 Å².